The molecule has 0 aliphatic rings. The number of methoxy groups -OCH3 is 1. The first-order chi connectivity index (χ1) is 8.46. The van der Waals surface area contributed by atoms with Crippen molar-refractivity contribution in [1.82, 2.24) is 15.0 Å². The summed E-state index contributed by atoms with van der Waals surface area (Å²) in [5, 5.41) is 0.0504. The zero-order valence-corrected chi connectivity index (χ0v) is 11.8. The van der Waals surface area contributed by atoms with Crippen LogP contribution >= 0.6 is 11.6 Å². The van der Waals surface area contributed by atoms with Crippen LogP contribution in [0.3, 0.4) is 0 Å². The molecule has 0 radical (unpaired) electrons. The largest absolute Gasteiger partial charge is 0.464 e. The highest BCUT2D eigenvalue weighted by atomic mass is 35.5. The molecule has 102 valence electrons. The second-order valence-corrected chi connectivity index (χ2v) is 4.50. The lowest BCUT2D eigenvalue weighted by Crippen LogP contribution is -2.25. The third kappa shape index (κ3) is 5.01. The monoisotopic (exact) mass is 275 g/mol. The minimum Gasteiger partial charge on any atom is -0.464 e. The van der Waals surface area contributed by atoms with Gasteiger partial charge in [-0.15, -0.1) is 4.98 Å². The predicted octanol–water partition coefficient (Wildman–Crippen LogP) is 2.12. The molecule has 1 aromatic rings. The number of aromatic nitrogens is 3. The van der Waals surface area contributed by atoms with E-state index in [0.717, 1.165) is 0 Å². The van der Waals surface area contributed by atoms with Crippen molar-refractivity contribution in [2.24, 2.45) is 0 Å². The minimum absolute atomic E-state index is 0.0504. The Hall–Kier alpha value is -1.14. The molecule has 0 aliphatic heterocycles. The van der Waals surface area contributed by atoms with Crippen molar-refractivity contribution in [2.75, 3.05) is 20.3 Å². The fourth-order valence-electron chi connectivity index (χ4n) is 1.06. The van der Waals surface area contributed by atoms with E-state index in [-0.39, 0.29) is 22.9 Å². The topological polar surface area (TPSA) is 66.4 Å². The van der Waals surface area contributed by atoms with Gasteiger partial charge in [-0.25, -0.2) is 0 Å². The summed E-state index contributed by atoms with van der Waals surface area (Å²) in [5.74, 6) is 0. The van der Waals surface area contributed by atoms with E-state index in [1.54, 1.807) is 7.11 Å². The lowest BCUT2D eigenvalue weighted by Gasteiger charge is -2.22. The Morgan fingerprint density at radius 2 is 1.72 bits per heavy atom. The highest BCUT2D eigenvalue weighted by Gasteiger charge is 2.16. The van der Waals surface area contributed by atoms with E-state index in [4.69, 9.17) is 25.8 Å². The van der Waals surface area contributed by atoms with Crippen molar-refractivity contribution >= 4 is 11.6 Å². The van der Waals surface area contributed by atoms with E-state index in [0.29, 0.717) is 19.6 Å². The molecule has 1 aromatic heterocycles. The maximum absolute atomic E-state index is 5.73. The van der Waals surface area contributed by atoms with Gasteiger partial charge in [0.15, 0.2) is 0 Å². The van der Waals surface area contributed by atoms with Crippen LogP contribution in [0.4, 0.5) is 0 Å². The van der Waals surface area contributed by atoms with Crippen LogP contribution in [-0.4, -0.2) is 40.9 Å². The van der Waals surface area contributed by atoms with Crippen LogP contribution in [-0.2, 0) is 4.74 Å². The molecule has 0 unspecified atom stereocenters. The zero-order valence-electron chi connectivity index (χ0n) is 11.1. The first kappa shape index (κ1) is 14.9. The molecule has 1 heterocycles. The summed E-state index contributed by atoms with van der Waals surface area (Å²) >= 11 is 5.73. The quantitative estimate of drug-likeness (QED) is 0.759. The number of ether oxygens (including phenoxy) is 3. The normalized spacial score (nSPS) is 11.4. The van der Waals surface area contributed by atoms with Crippen LogP contribution < -0.4 is 9.47 Å². The minimum atomic E-state index is -0.250. The van der Waals surface area contributed by atoms with Gasteiger partial charge in [-0.05, 0) is 32.4 Å². The van der Waals surface area contributed by atoms with Crippen LogP contribution in [0.15, 0.2) is 0 Å². The fraction of sp³-hybridized carbons (Fsp3) is 0.727. The number of rotatable bonds is 7. The van der Waals surface area contributed by atoms with Gasteiger partial charge in [0.05, 0.1) is 18.8 Å². The molecule has 0 N–H and O–H groups in total. The molecule has 7 heteroatoms. The molecule has 0 fully saturated rings. The van der Waals surface area contributed by atoms with Crippen molar-refractivity contribution in [1.29, 1.82) is 0 Å². The average Bonchev–Trinajstić information content (AvgIpc) is 2.28. The summed E-state index contributed by atoms with van der Waals surface area (Å²) in [6.07, 6.45) is 0.705. The van der Waals surface area contributed by atoms with E-state index < -0.39 is 0 Å². The fourth-order valence-corrected chi connectivity index (χ4v) is 1.21. The van der Waals surface area contributed by atoms with E-state index in [9.17, 15) is 0 Å². The second-order valence-electron chi connectivity index (χ2n) is 4.16. The van der Waals surface area contributed by atoms with Crippen molar-refractivity contribution in [3.8, 4) is 12.0 Å². The van der Waals surface area contributed by atoms with Gasteiger partial charge in [0.25, 0.3) is 0 Å². The van der Waals surface area contributed by atoms with Crippen LogP contribution in [0, 0.1) is 0 Å². The Morgan fingerprint density at radius 3 is 2.28 bits per heavy atom. The van der Waals surface area contributed by atoms with Gasteiger partial charge in [-0.3, -0.25) is 0 Å². The Kier molecular flexibility index (Phi) is 5.55. The van der Waals surface area contributed by atoms with E-state index >= 15 is 0 Å². The molecule has 0 aliphatic carbocycles. The molecule has 6 nitrogen and oxygen atoms in total. The van der Waals surface area contributed by atoms with Gasteiger partial charge >= 0.3 is 12.0 Å². The Labute approximate surface area is 112 Å². The molecule has 0 spiro atoms. The van der Waals surface area contributed by atoms with Gasteiger partial charge in [0.2, 0.25) is 5.28 Å². The molecule has 0 saturated heterocycles. The van der Waals surface area contributed by atoms with E-state index in [2.05, 4.69) is 15.0 Å². The van der Waals surface area contributed by atoms with Gasteiger partial charge in [0, 0.05) is 13.5 Å². The molecule has 0 amide bonds. The summed E-state index contributed by atoms with van der Waals surface area (Å²) in [7, 11) is 1.66. The van der Waals surface area contributed by atoms with E-state index in [1.165, 1.54) is 0 Å². The van der Waals surface area contributed by atoms with Crippen molar-refractivity contribution in [3.05, 3.63) is 5.28 Å². The van der Waals surface area contributed by atoms with Gasteiger partial charge < -0.3 is 14.2 Å². The van der Waals surface area contributed by atoms with Crippen molar-refractivity contribution in [2.45, 2.75) is 32.8 Å². The van der Waals surface area contributed by atoms with Crippen LogP contribution in [0.1, 0.15) is 27.2 Å². The SMILES string of the molecule is CCOc1nc(Cl)nc(OCCC(C)(C)OC)n1. The maximum Gasteiger partial charge on any atom is 0.323 e. The third-order valence-electron chi connectivity index (χ3n) is 2.33. The zero-order chi connectivity index (χ0) is 13.6. The Morgan fingerprint density at radius 1 is 1.11 bits per heavy atom. The highest BCUT2D eigenvalue weighted by molar-refractivity contribution is 6.28. The molecule has 0 atom stereocenters. The predicted molar refractivity (Wildman–Crippen MR) is 67.2 cm³/mol. The Bertz CT molecular complexity index is 388. The average molecular weight is 276 g/mol. The van der Waals surface area contributed by atoms with Crippen molar-refractivity contribution in [3.63, 3.8) is 0 Å². The first-order valence-corrected chi connectivity index (χ1v) is 6.07. The lowest BCUT2D eigenvalue weighted by molar-refractivity contribution is 0.00459. The highest BCUT2D eigenvalue weighted by Crippen LogP contribution is 2.16. The first-order valence-electron chi connectivity index (χ1n) is 5.69. The Balaban J connectivity index is 2.56. The van der Waals surface area contributed by atoms with E-state index in [1.807, 2.05) is 20.8 Å². The molecule has 0 saturated carbocycles. The number of halogens is 1. The van der Waals surface area contributed by atoms with Gasteiger partial charge in [-0.1, -0.05) is 0 Å². The molecule has 18 heavy (non-hydrogen) atoms. The second kappa shape index (κ2) is 6.70. The number of nitrogens with zero attached hydrogens (tertiary/aromatic N) is 3. The summed E-state index contributed by atoms with van der Waals surface area (Å²) in [6, 6.07) is 0.323. The maximum atomic E-state index is 5.73. The van der Waals surface area contributed by atoms with Crippen LogP contribution in [0.5, 0.6) is 12.0 Å². The standard InChI is InChI=1S/C11H18ClN3O3/c1-5-17-9-13-8(12)14-10(15-9)18-7-6-11(2,3)16-4/h5-7H2,1-4H3. The third-order valence-corrected chi connectivity index (χ3v) is 2.50. The molecule has 0 aromatic carbocycles. The van der Waals surface area contributed by atoms with Gasteiger partial charge in [0.1, 0.15) is 0 Å². The number of hydrogen-bond donors (Lipinski definition) is 0. The van der Waals surface area contributed by atoms with Crippen LogP contribution in [0.25, 0.3) is 0 Å². The van der Waals surface area contributed by atoms with Crippen LogP contribution in [0.2, 0.25) is 5.28 Å². The summed E-state index contributed by atoms with van der Waals surface area (Å²) in [6.45, 7) is 6.66. The summed E-state index contributed by atoms with van der Waals surface area (Å²) < 4.78 is 15.8. The van der Waals surface area contributed by atoms with Gasteiger partial charge in [-0.2, -0.15) is 9.97 Å². The summed E-state index contributed by atoms with van der Waals surface area (Å²) in [4.78, 5) is 11.7. The summed E-state index contributed by atoms with van der Waals surface area (Å²) in [5.41, 5.74) is -0.250. The van der Waals surface area contributed by atoms with Crippen molar-refractivity contribution < 1.29 is 14.2 Å². The molecule has 1 rings (SSSR count). The molecular weight excluding hydrogens is 258 g/mol. The molecular formula is C11H18ClN3O3. The lowest BCUT2D eigenvalue weighted by atomic mass is 10.1. The molecule has 0 bridgehead atoms. The smallest absolute Gasteiger partial charge is 0.323 e. The number of hydrogen-bond acceptors (Lipinski definition) is 6.